The van der Waals surface area contributed by atoms with Gasteiger partial charge in [-0.25, -0.2) is 35.7 Å². The van der Waals surface area contributed by atoms with E-state index in [0.717, 1.165) is 55.2 Å². The van der Waals surface area contributed by atoms with Crippen LogP contribution in [-0.4, -0.2) is 39.9 Å². The first-order valence-corrected chi connectivity index (χ1v) is 15.5. The minimum atomic E-state index is 0.532. The summed E-state index contributed by atoms with van der Waals surface area (Å²) in [6.45, 7) is 0. The summed E-state index contributed by atoms with van der Waals surface area (Å²) in [5.41, 5.74) is 7.62. The molecule has 2 aliphatic rings. The van der Waals surface area contributed by atoms with Gasteiger partial charge in [0.1, 0.15) is 22.6 Å². The maximum atomic E-state index is 6.80. The fraction of sp³-hybridized carbons (Fsp3) is 0. The lowest BCUT2D eigenvalue weighted by Gasteiger charge is -2.19. The summed E-state index contributed by atoms with van der Waals surface area (Å²) in [4.78, 5) is 37.4. The Morgan fingerprint density at radius 3 is 1.35 bits per heavy atom. The Kier molecular flexibility index (Phi) is 5.57. The fourth-order valence-electron chi connectivity index (χ4n) is 6.60. The van der Waals surface area contributed by atoms with Crippen molar-refractivity contribution in [2.45, 2.75) is 0 Å². The van der Waals surface area contributed by atoms with Gasteiger partial charge in [-0.3, -0.25) is 5.01 Å². The smallest absolute Gasteiger partial charge is 0.164 e. The Bertz CT molecular complexity index is 2760. The van der Waals surface area contributed by atoms with Crippen molar-refractivity contribution in [3.8, 4) is 45.6 Å². The van der Waals surface area contributed by atoms with E-state index >= 15 is 0 Å². The molecule has 2 aliphatic heterocycles. The maximum Gasteiger partial charge on any atom is 0.164 e. The molecule has 8 bridgehead atoms. The molecule has 5 heterocycles. The molecule has 0 atom stereocenters. The van der Waals surface area contributed by atoms with Gasteiger partial charge in [-0.1, -0.05) is 103 Å². The second-order valence-corrected chi connectivity index (χ2v) is 11.7. The highest BCUT2D eigenvalue weighted by Gasteiger charge is 2.23. The number of rotatable bonds is 2. The van der Waals surface area contributed by atoms with Gasteiger partial charge in [0.15, 0.2) is 23.3 Å². The molecule has 0 unspecified atom stereocenters. The minimum Gasteiger partial charge on any atom is -0.324 e. The average Bonchev–Trinajstić information content (AvgIpc) is 3.87. The molecule has 0 amide bonds. The lowest BCUT2D eigenvalue weighted by Crippen LogP contribution is -2.24. The molecule has 10 nitrogen and oxygen atoms in total. The van der Waals surface area contributed by atoms with Gasteiger partial charge in [-0.15, -0.1) is 0 Å². The first-order chi connectivity index (χ1) is 23.7. The zero-order valence-corrected chi connectivity index (χ0v) is 25.3. The van der Waals surface area contributed by atoms with Crippen LogP contribution in [0.2, 0.25) is 0 Å². The van der Waals surface area contributed by atoms with Crippen molar-refractivity contribution < 1.29 is 0 Å². The van der Waals surface area contributed by atoms with Gasteiger partial charge in [-0.2, -0.15) is 0 Å². The van der Waals surface area contributed by atoms with Crippen LogP contribution in [-0.2, 0) is 0 Å². The number of fused-ring (bicyclic) bond motifs is 20. The molecule has 10 rings (SSSR count). The zero-order chi connectivity index (χ0) is 31.8. The summed E-state index contributed by atoms with van der Waals surface area (Å²) in [5.74, 6) is 8.99. The van der Waals surface area contributed by atoms with Crippen molar-refractivity contribution in [2.75, 3.05) is 5.01 Å². The van der Waals surface area contributed by atoms with E-state index in [9.17, 15) is 0 Å². The Morgan fingerprint density at radius 1 is 0.396 bits per heavy atom. The molecule has 0 fully saturated rings. The maximum absolute atomic E-state index is 6.80. The summed E-state index contributed by atoms with van der Waals surface area (Å²) in [5, 5.41) is 5.18. The molecule has 0 aliphatic carbocycles. The number of nitrogens with zero attached hydrogens (tertiary/aromatic N) is 7. The predicted molar refractivity (Wildman–Crippen MR) is 189 cm³/mol. The van der Waals surface area contributed by atoms with Gasteiger partial charge >= 0.3 is 0 Å². The van der Waals surface area contributed by atoms with Gasteiger partial charge < -0.3 is 9.97 Å². The molecule has 0 spiro atoms. The Balaban J connectivity index is 1.39. The highest BCUT2D eigenvalue weighted by Crippen LogP contribution is 2.39. The van der Waals surface area contributed by atoms with E-state index in [1.165, 1.54) is 0 Å². The van der Waals surface area contributed by atoms with Crippen LogP contribution in [0.5, 0.6) is 0 Å². The van der Waals surface area contributed by atoms with E-state index in [4.69, 9.17) is 35.7 Å². The van der Waals surface area contributed by atoms with Gasteiger partial charge in [-0.05, 0) is 18.2 Å². The fourth-order valence-corrected chi connectivity index (χ4v) is 6.60. The van der Waals surface area contributed by atoms with Crippen LogP contribution in [0.25, 0.3) is 89.7 Å². The van der Waals surface area contributed by atoms with Gasteiger partial charge in [0.2, 0.25) is 0 Å². The van der Waals surface area contributed by atoms with Crippen molar-refractivity contribution in [1.29, 1.82) is 0 Å². The number of nitrogens with two attached hydrogens (primary N) is 1. The van der Waals surface area contributed by atoms with Gasteiger partial charge in [0.25, 0.3) is 0 Å². The highest BCUT2D eigenvalue weighted by atomic mass is 15.4. The Labute approximate surface area is 272 Å². The molecule has 4 N–H and O–H groups in total. The molecule has 226 valence electrons. The molecule has 0 saturated heterocycles. The second-order valence-electron chi connectivity index (χ2n) is 11.7. The number of nitrogens with one attached hydrogen (secondary N) is 2. The summed E-state index contributed by atoms with van der Waals surface area (Å²) in [6.07, 6.45) is 0. The van der Waals surface area contributed by atoms with Gasteiger partial charge in [0, 0.05) is 38.4 Å². The van der Waals surface area contributed by atoms with E-state index in [2.05, 4.69) is 9.97 Å². The van der Waals surface area contributed by atoms with E-state index in [1.54, 1.807) is 5.01 Å². The number of hydrazine groups is 1. The number of para-hydroxylation sites is 1. The third kappa shape index (κ3) is 3.96. The third-order valence-corrected chi connectivity index (χ3v) is 8.85. The first-order valence-electron chi connectivity index (χ1n) is 15.5. The van der Waals surface area contributed by atoms with Crippen LogP contribution in [0.4, 0.5) is 11.4 Å². The monoisotopic (exact) mass is 620 g/mol. The molecule has 0 saturated carbocycles. The van der Waals surface area contributed by atoms with Crippen molar-refractivity contribution in [3.63, 3.8) is 0 Å². The van der Waals surface area contributed by atoms with Crippen LogP contribution in [0.15, 0.2) is 121 Å². The number of hydrogen-bond acceptors (Lipinski definition) is 8. The first kappa shape index (κ1) is 26.4. The van der Waals surface area contributed by atoms with E-state index in [0.29, 0.717) is 45.9 Å². The third-order valence-electron chi connectivity index (χ3n) is 8.85. The van der Waals surface area contributed by atoms with E-state index in [1.807, 2.05) is 121 Å². The minimum absolute atomic E-state index is 0.532. The quantitative estimate of drug-likeness (QED) is 0.131. The second kappa shape index (κ2) is 10.1. The number of aromatic nitrogens is 8. The standard InChI is InChI=1S/C38H24N10/c39-48(21-11-2-1-3-12-21)29-20-10-19-28-30(29)38-46-36-27-18-9-8-17-26(27)34(44-36)42-32-23-14-5-4-13-22(23)31(40-32)41-33-24-15-6-7-16-25(24)35(43-33)45-37(28)47-38/h1-20H,39H2,(H2,40,41,42,43,44,45,46,47). The van der Waals surface area contributed by atoms with Crippen LogP contribution in [0.1, 0.15) is 0 Å². The van der Waals surface area contributed by atoms with Crippen LogP contribution in [0.3, 0.4) is 0 Å². The molecule has 5 aromatic carbocycles. The SMILES string of the molecule is NN(c1ccccc1)c1cccc2c3nc4nc(nc5[nH]c(nc6nc(nc([nH]3)c12)-c1ccccc1-6)c1ccccc51)-c1ccccc1-4. The number of anilines is 2. The molecule has 10 heteroatoms. The van der Waals surface area contributed by atoms with Crippen molar-refractivity contribution in [1.82, 2.24) is 39.9 Å². The number of benzene rings is 5. The summed E-state index contributed by atoms with van der Waals surface area (Å²) >= 11 is 0. The average molecular weight is 621 g/mol. The van der Waals surface area contributed by atoms with Gasteiger partial charge in [0.05, 0.1) is 16.8 Å². The lowest BCUT2D eigenvalue weighted by molar-refractivity contribution is 1.10. The highest BCUT2D eigenvalue weighted by molar-refractivity contribution is 6.12. The predicted octanol–water partition coefficient (Wildman–Crippen LogP) is 7.88. The van der Waals surface area contributed by atoms with E-state index in [-0.39, 0.29) is 0 Å². The van der Waals surface area contributed by atoms with Crippen molar-refractivity contribution in [3.05, 3.63) is 121 Å². The number of aromatic amines is 2. The topological polar surface area (TPSA) is 138 Å². The van der Waals surface area contributed by atoms with Crippen LogP contribution >= 0.6 is 0 Å². The Hall–Kier alpha value is -6.78. The molecule has 3 aromatic heterocycles. The largest absolute Gasteiger partial charge is 0.324 e. The van der Waals surface area contributed by atoms with Crippen molar-refractivity contribution >= 4 is 55.5 Å². The number of hydrogen-bond donors (Lipinski definition) is 3. The van der Waals surface area contributed by atoms with Crippen LogP contribution in [0, 0.1) is 0 Å². The molecule has 0 radical (unpaired) electrons. The molecular weight excluding hydrogens is 596 g/mol. The number of H-pyrrole nitrogens is 2. The summed E-state index contributed by atoms with van der Waals surface area (Å²) in [7, 11) is 0. The van der Waals surface area contributed by atoms with Crippen LogP contribution < -0.4 is 10.9 Å². The molecular formula is C38H24N10. The molecule has 8 aromatic rings. The van der Waals surface area contributed by atoms with Crippen molar-refractivity contribution in [2.24, 2.45) is 5.84 Å². The Morgan fingerprint density at radius 2 is 0.812 bits per heavy atom. The molecule has 48 heavy (non-hydrogen) atoms. The van der Waals surface area contributed by atoms with E-state index < -0.39 is 0 Å². The lowest BCUT2D eigenvalue weighted by atomic mass is 10.1. The zero-order valence-electron chi connectivity index (χ0n) is 25.3. The summed E-state index contributed by atoms with van der Waals surface area (Å²) < 4.78 is 0. The normalized spacial score (nSPS) is 11.9. The summed E-state index contributed by atoms with van der Waals surface area (Å²) in [6, 6.07) is 39.8.